The molecule has 1 amide bonds. The smallest absolute Gasteiger partial charge is 0.475 e. The zero-order valence-corrected chi connectivity index (χ0v) is 8.13. The fraction of sp³-hybridized carbons (Fsp3) is 0.250. The van der Waals surface area contributed by atoms with Crippen LogP contribution in [0.1, 0.15) is 16.2 Å². The molecule has 0 aliphatic rings. The molecule has 90 valence electrons. The summed E-state index contributed by atoms with van der Waals surface area (Å²) in [4.78, 5) is 22.1. The Morgan fingerprint density at radius 2 is 1.81 bits per heavy atom. The third kappa shape index (κ3) is 5.03. The van der Waals surface area contributed by atoms with Crippen molar-refractivity contribution in [1.82, 2.24) is 4.98 Å². The number of rotatable bonds is 1. The fourth-order valence-electron chi connectivity index (χ4n) is 0.648. The quantitative estimate of drug-likeness (QED) is 0.682. The zero-order valence-electron chi connectivity index (χ0n) is 8.13. The molecular formula is C8H9F3N2O3. The van der Waals surface area contributed by atoms with Crippen LogP contribution in [0.15, 0.2) is 12.1 Å². The molecule has 1 rings (SSSR count). The van der Waals surface area contributed by atoms with Gasteiger partial charge in [0.1, 0.15) is 5.69 Å². The van der Waals surface area contributed by atoms with Crippen LogP contribution in [0.25, 0.3) is 0 Å². The summed E-state index contributed by atoms with van der Waals surface area (Å²) < 4.78 is 31.7. The highest BCUT2D eigenvalue weighted by Crippen LogP contribution is 2.13. The Hall–Kier alpha value is -1.99. The van der Waals surface area contributed by atoms with Crippen LogP contribution >= 0.6 is 0 Å². The molecule has 0 fully saturated rings. The number of nitrogens with one attached hydrogen (secondary N) is 1. The maximum atomic E-state index is 10.6. The van der Waals surface area contributed by atoms with E-state index in [2.05, 4.69) is 4.98 Å². The van der Waals surface area contributed by atoms with E-state index in [0.29, 0.717) is 5.69 Å². The summed E-state index contributed by atoms with van der Waals surface area (Å²) in [6, 6.07) is 3.47. The molecule has 16 heavy (non-hydrogen) atoms. The normalized spacial score (nSPS) is 10.2. The number of hydrogen-bond donors (Lipinski definition) is 3. The Balaban J connectivity index is 0.000000293. The van der Waals surface area contributed by atoms with Gasteiger partial charge >= 0.3 is 12.1 Å². The van der Waals surface area contributed by atoms with E-state index in [4.69, 9.17) is 15.6 Å². The number of aliphatic carboxylic acids is 1. The van der Waals surface area contributed by atoms with E-state index < -0.39 is 18.1 Å². The first-order valence-electron chi connectivity index (χ1n) is 3.90. The minimum Gasteiger partial charge on any atom is -0.475 e. The Bertz CT molecular complexity index is 384. The van der Waals surface area contributed by atoms with Crippen LogP contribution in [-0.4, -0.2) is 28.1 Å². The van der Waals surface area contributed by atoms with Crippen LogP contribution in [0.4, 0.5) is 13.2 Å². The van der Waals surface area contributed by atoms with E-state index in [1.807, 2.05) is 6.92 Å². The molecule has 0 saturated heterocycles. The second-order valence-corrected chi connectivity index (χ2v) is 2.72. The van der Waals surface area contributed by atoms with Gasteiger partial charge in [0.25, 0.3) is 5.91 Å². The van der Waals surface area contributed by atoms with Gasteiger partial charge in [0.2, 0.25) is 0 Å². The number of hydrogen-bond acceptors (Lipinski definition) is 2. The largest absolute Gasteiger partial charge is 0.490 e. The molecule has 0 aliphatic carbocycles. The topological polar surface area (TPSA) is 96.2 Å². The molecule has 1 aromatic rings. The highest BCUT2D eigenvalue weighted by Gasteiger charge is 2.38. The van der Waals surface area contributed by atoms with E-state index in [1.54, 1.807) is 12.1 Å². The van der Waals surface area contributed by atoms with Crippen LogP contribution in [0.5, 0.6) is 0 Å². The standard InChI is InChI=1S/C6H8N2O.C2HF3O2/c1-4-2-3-5(8-4)6(7)9;3-2(4,5)1(6)7/h2-3,8H,1H3,(H2,7,9);(H,6,7). The Morgan fingerprint density at radius 3 is 1.94 bits per heavy atom. The molecule has 0 aliphatic heterocycles. The number of carbonyl (C=O) groups excluding carboxylic acids is 1. The van der Waals surface area contributed by atoms with E-state index in [1.165, 1.54) is 0 Å². The van der Waals surface area contributed by atoms with Crippen molar-refractivity contribution in [2.75, 3.05) is 0 Å². The van der Waals surface area contributed by atoms with Gasteiger partial charge < -0.3 is 15.8 Å². The number of alkyl halides is 3. The highest BCUT2D eigenvalue weighted by molar-refractivity contribution is 5.90. The van der Waals surface area contributed by atoms with Gasteiger partial charge in [0, 0.05) is 5.69 Å². The number of aromatic amines is 1. The molecule has 0 atom stereocenters. The number of amides is 1. The Labute approximate surface area is 88.1 Å². The number of carbonyl (C=O) groups is 2. The number of nitrogens with two attached hydrogens (primary N) is 1. The number of carboxylic acids is 1. The minimum atomic E-state index is -5.08. The average Bonchev–Trinajstić information content (AvgIpc) is 2.51. The van der Waals surface area contributed by atoms with Crippen LogP contribution in [0.3, 0.4) is 0 Å². The van der Waals surface area contributed by atoms with Crippen LogP contribution in [0, 0.1) is 6.92 Å². The van der Waals surface area contributed by atoms with E-state index in [0.717, 1.165) is 5.69 Å². The molecule has 5 nitrogen and oxygen atoms in total. The number of aryl methyl sites for hydroxylation is 1. The first-order valence-corrected chi connectivity index (χ1v) is 3.90. The van der Waals surface area contributed by atoms with Crippen molar-refractivity contribution in [2.24, 2.45) is 5.73 Å². The van der Waals surface area contributed by atoms with Crippen molar-refractivity contribution < 1.29 is 27.9 Å². The van der Waals surface area contributed by atoms with Crippen molar-refractivity contribution in [3.05, 3.63) is 23.5 Å². The maximum absolute atomic E-state index is 10.6. The Kier molecular flexibility index (Phi) is 4.55. The monoisotopic (exact) mass is 238 g/mol. The van der Waals surface area contributed by atoms with Crippen LogP contribution in [0.2, 0.25) is 0 Å². The van der Waals surface area contributed by atoms with E-state index in [9.17, 15) is 18.0 Å². The van der Waals surface area contributed by atoms with E-state index >= 15 is 0 Å². The fourth-order valence-corrected chi connectivity index (χ4v) is 0.648. The molecule has 0 aromatic carbocycles. The second-order valence-electron chi connectivity index (χ2n) is 2.72. The summed E-state index contributed by atoms with van der Waals surface area (Å²) in [6.07, 6.45) is -5.08. The highest BCUT2D eigenvalue weighted by atomic mass is 19.4. The van der Waals surface area contributed by atoms with Gasteiger partial charge in [-0.15, -0.1) is 0 Å². The van der Waals surface area contributed by atoms with Crippen molar-refractivity contribution in [3.63, 3.8) is 0 Å². The van der Waals surface area contributed by atoms with Crippen molar-refractivity contribution >= 4 is 11.9 Å². The lowest BCUT2D eigenvalue weighted by Gasteiger charge is -1.93. The zero-order chi connectivity index (χ0) is 12.9. The van der Waals surface area contributed by atoms with Gasteiger partial charge in [-0.05, 0) is 19.1 Å². The molecule has 4 N–H and O–H groups in total. The van der Waals surface area contributed by atoms with Crippen molar-refractivity contribution in [2.45, 2.75) is 13.1 Å². The summed E-state index contributed by atoms with van der Waals surface area (Å²) in [7, 11) is 0. The summed E-state index contributed by atoms with van der Waals surface area (Å²) in [6.45, 7) is 1.87. The SMILES string of the molecule is Cc1ccc(C(N)=O)[nH]1.O=C(O)C(F)(F)F. The molecule has 0 bridgehead atoms. The number of aromatic nitrogens is 1. The number of H-pyrrole nitrogens is 1. The van der Waals surface area contributed by atoms with E-state index in [-0.39, 0.29) is 0 Å². The lowest BCUT2D eigenvalue weighted by Crippen LogP contribution is -2.21. The molecule has 8 heteroatoms. The van der Waals surface area contributed by atoms with Crippen molar-refractivity contribution in [3.8, 4) is 0 Å². The lowest BCUT2D eigenvalue weighted by molar-refractivity contribution is -0.192. The molecule has 0 unspecified atom stereocenters. The molecular weight excluding hydrogens is 229 g/mol. The predicted octanol–water partition coefficient (Wildman–Crippen LogP) is 1.06. The molecule has 1 aromatic heterocycles. The Morgan fingerprint density at radius 1 is 1.38 bits per heavy atom. The summed E-state index contributed by atoms with van der Waals surface area (Å²) in [5.41, 5.74) is 6.37. The van der Waals surface area contributed by atoms with Gasteiger partial charge in [-0.2, -0.15) is 13.2 Å². The molecule has 0 saturated carbocycles. The van der Waals surface area contributed by atoms with Crippen molar-refractivity contribution in [1.29, 1.82) is 0 Å². The van der Waals surface area contributed by atoms with Crippen LogP contribution < -0.4 is 5.73 Å². The number of carboxylic acid groups (broad SMARTS) is 1. The predicted molar refractivity (Wildman–Crippen MR) is 47.7 cm³/mol. The average molecular weight is 238 g/mol. The van der Waals surface area contributed by atoms with Gasteiger partial charge in [0.15, 0.2) is 0 Å². The summed E-state index contributed by atoms with van der Waals surface area (Å²) >= 11 is 0. The van der Waals surface area contributed by atoms with Crippen LogP contribution in [-0.2, 0) is 4.79 Å². The maximum Gasteiger partial charge on any atom is 0.490 e. The summed E-state index contributed by atoms with van der Waals surface area (Å²) in [5, 5.41) is 7.12. The van der Waals surface area contributed by atoms with Gasteiger partial charge in [-0.1, -0.05) is 0 Å². The first-order chi connectivity index (χ1) is 7.14. The van der Waals surface area contributed by atoms with Gasteiger partial charge in [0.05, 0.1) is 0 Å². The van der Waals surface area contributed by atoms with Gasteiger partial charge in [-0.3, -0.25) is 4.79 Å². The lowest BCUT2D eigenvalue weighted by atomic mass is 10.4. The second kappa shape index (κ2) is 5.19. The molecule has 1 heterocycles. The third-order valence-corrected chi connectivity index (χ3v) is 1.34. The molecule has 0 radical (unpaired) electrons. The number of halogens is 3. The first kappa shape index (κ1) is 14.0. The van der Waals surface area contributed by atoms with Gasteiger partial charge in [-0.25, -0.2) is 4.79 Å². The number of primary amides is 1. The minimum absolute atomic E-state index is 0.414. The summed E-state index contributed by atoms with van der Waals surface area (Å²) in [5.74, 6) is -3.17. The third-order valence-electron chi connectivity index (χ3n) is 1.34. The molecule has 0 spiro atoms.